The third kappa shape index (κ3) is 4.17. The maximum absolute atomic E-state index is 13.3. The largest absolute Gasteiger partial charge is 0.467 e. The summed E-state index contributed by atoms with van der Waals surface area (Å²) in [5.41, 5.74) is 3.54. The quantitative estimate of drug-likeness (QED) is 0.499. The molecule has 1 aliphatic rings. The van der Waals surface area contributed by atoms with Crippen LogP contribution >= 0.6 is 0 Å². The highest BCUT2D eigenvalue weighted by Gasteiger charge is 2.24. The van der Waals surface area contributed by atoms with Gasteiger partial charge in [0.25, 0.3) is 5.91 Å². The first kappa shape index (κ1) is 21.1. The number of carbonyl (C=O) groups excluding carboxylic acids is 1. The van der Waals surface area contributed by atoms with Gasteiger partial charge in [-0.1, -0.05) is 12.1 Å². The number of methoxy groups -OCH3 is 1. The van der Waals surface area contributed by atoms with Gasteiger partial charge in [0.1, 0.15) is 0 Å². The summed E-state index contributed by atoms with van der Waals surface area (Å²) in [7, 11) is 1.52. The van der Waals surface area contributed by atoms with Gasteiger partial charge in [0.05, 0.1) is 23.7 Å². The van der Waals surface area contributed by atoms with Crippen LogP contribution < -0.4 is 20.3 Å². The maximum atomic E-state index is 13.3. The van der Waals surface area contributed by atoms with E-state index in [2.05, 4.69) is 44.3 Å². The van der Waals surface area contributed by atoms with Crippen molar-refractivity contribution in [2.75, 3.05) is 30.4 Å². The number of hydrogen-bond donors (Lipinski definition) is 2. The maximum Gasteiger partial charge on any atom is 0.316 e. The molecule has 4 aromatic rings. The molecule has 3 heterocycles. The second-order valence-corrected chi connectivity index (χ2v) is 8.49. The van der Waals surface area contributed by atoms with Crippen molar-refractivity contribution >= 4 is 39.1 Å². The highest BCUT2D eigenvalue weighted by molar-refractivity contribution is 6.14. The van der Waals surface area contributed by atoms with E-state index in [1.165, 1.54) is 7.11 Å². The van der Waals surface area contributed by atoms with E-state index >= 15 is 0 Å². The molecule has 2 aromatic carbocycles. The first-order valence-electron chi connectivity index (χ1n) is 11.0. The number of anilines is 2. The van der Waals surface area contributed by atoms with Crippen molar-refractivity contribution in [1.29, 1.82) is 0 Å². The Hall–Kier alpha value is -3.78. The van der Waals surface area contributed by atoms with Crippen molar-refractivity contribution in [2.45, 2.75) is 25.9 Å². The van der Waals surface area contributed by atoms with Gasteiger partial charge in [0.15, 0.2) is 0 Å². The molecule has 2 aromatic heterocycles. The van der Waals surface area contributed by atoms with Gasteiger partial charge in [-0.3, -0.25) is 9.78 Å². The Bertz CT molecular complexity index is 1330. The first-order valence-corrected chi connectivity index (χ1v) is 11.0. The van der Waals surface area contributed by atoms with Gasteiger partial charge in [0.2, 0.25) is 0 Å². The molecule has 0 unspecified atom stereocenters. The number of rotatable bonds is 4. The third-order valence-electron chi connectivity index (χ3n) is 5.89. The molecule has 0 saturated carbocycles. The van der Waals surface area contributed by atoms with E-state index in [0.29, 0.717) is 28.9 Å². The average molecular weight is 443 g/mol. The van der Waals surface area contributed by atoms with Crippen molar-refractivity contribution in [1.82, 2.24) is 20.3 Å². The van der Waals surface area contributed by atoms with Crippen molar-refractivity contribution in [3.05, 3.63) is 60.4 Å². The van der Waals surface area contributed by atoms with Crippen LogP contribution in [0.5, 0.6) is 6.01 Å². The summed E-state index contributed by atoms with van der Waals surface area (Å²) in [6.45, 7) is 6.07. The molecule has 1 fully saturated rings. The van der Waals surface area contributed by atoms with Crippen LogP contribution in [0.1, 0.15) is 24.2 Å². The first-order chi connectivity index (χ1) is 16.0. The Kier molecular flexibility index (Phi) is 5.51. The van der Waals surface area contributed by atoms with Gasteiger partial charge < -0.3 is 20.3 Å². The van der Waals surface area contributed by atoms with Crippen molar-refractivity contribution in [3.63, 3.8) is 0 Å². The minimum Gasteiger partial charge on any atom is -0.467 e. The van der Waals surface area contributed by atoms with Gasteiger partial charge >= 0.3 is 6.01 Å². The second-order valence-electron chi connectivity index (χ2n) is 8.49. The molecule has 0 radical (unpaired) electrons. The molecular formula is C25H26N6O2. The SMILES string of the molecule is COc1ncc2c(N3C[C@H](C)N[C@@H](C)C3)ccc(C(=O)Nc3ccc4cccnc4c3)c2n1. The Morgan fingerprint density at radius 2 is 1.94 bits per heavy atom. The lowest BCUT2D eigenvalue weighted by Gasteiger charge is -2.38. The molecule has 0 bridgehead atoms. The number of carbonyl (C=O) groups is 1. The monoisotopic (exact) mass is 442 g/mol. The zero-order chi connectivity index (χ0) is 22.9. The van der Waals surface area contributed by atoms with E-state index < -0.39 is 0 Å². The van der Waals surface area contributed by atoms with Gasteiger partial charge in [-0.2, -0.15) is 4.98 Å². The number of piperazine rings is 1. The molecule has 33 heavy (non-hydrogen) atoms. The zero-order valence-electron chi connectivity index (χ0n) is 18.9. The van der Waals surface area contributed by atoms with Crippen LogP contribution in [0.15, 0.2) is 54.9 Å². The Labute approximate surface area is 192 Å². The van der Waals surface area contributed by atoms with Crippen molar-refractivity contribution < 1.29 is 9.53 Å². The number of nitrogens with one attached hydrogen (secondary N) is 2. The highest BCUT2D eigenvalue weighted by atomic mass is 16.5. The number of amides is 1. The van der Waals surface area contributed by atoms with Crippen LogP contribution in [0.25, 0.3) is 21.8 Å². The molecule has 168 valence electrons. The van der Waals surface area contributed by atoms with Crippen LogP contribution in [0.2, 0.25) is 0 Å². The fourth-order valence-corrected chi connectivity index (χ4v) is 4.51. The molecule has 2 N–H and O–H groups in total. The summed E-state index contributed by atoms with van der Waals surface area (Å²) < 4.78 is 5.26. The standard InChI is InChI=1S/C25H26N6O2/c1-15-13-31(14-16(2)28-15)22-9-8-19(23-20(22)12-27-25(30-23)33-3)24(32)29-18-7-6-17-5-4-10-26-21(17)11-18/h4-12,15-16,28H,13-14H2,1-3H3,(H,29,32)/t15-,16-/m0/s1. The summed E-state index contributed by atoms with van der Waals surface area (Å²) in [6, 6.07) is 14.3. The lowest BCUT2D eigenvalue weighted by atomic mass is 10.0. The van der Waals surface area contributed by atoms with Crippen LogP contribution in [-0.4, -0.2) is 53.1 Å². The summed E-state index contributed by atoms with van der Waals surface area (Å²) >= 11 is 0. The molecule has 8 nitrogen and oxygen atoms in total. The molecule has 5 rings (SSSR count). The zero-order valence-corrected chi connectivity index (χ0v) is 18.9. The topological polar surface area (TPSA) is 92.3 Å². The van der Waals surface area contributed by atoms with Crippen LogP contribution in [0.4, 0.5) is 11.4 Å². The van der Waals surface area contributed by atoms with Crippen LogP contribution in [-0.2, 0) is 0 Å². The van der Waals surface area contributed by atoms with Crippen molar-refractivity contribution in [2.24, 2.45) is 0 Å². The lowest BCUT2D eigenvalue weighted by molar-refractivity contribution is 0.102. The fourth-order valence-electron chi connectivity index (χ4n) is 4.51. The summed E-state index contributed by atoms with van der Waals surface area (Å²) in [5, 5.41) is 8.38. The highest BCUT2D eigenvalue weighted by Crippen LogP contribution is 2.31. The second kappa shape index (κ2) is 8.63. The number of aromatic nitrogens is 3. The summed E-state index contributed by atoms with van der Waals surface area (Å²) in [4.78, 5) is 28.9. The van der Waals surface area contributed by atoms with Crippen LogP contribution in [0.3, 0.4) is 0 Å². The fraction of sp³-hybridized carbons (Fsp3) is 0.280. The Balaban J connectivity index is 1.53. The molecule has 1 saturated heterocycles. The average Bonchev–Trinajstić information content (AvgIpc) is 2.82. The predicted molar refractivity (Wildman–Crippen MR) is 130 cm³/mol. The van der Waals surface area contributed by atoms with E-state index in [-0.39, 0.29) is 11.9 Å². The lowest BCUT2D eigenvalue weighted by Crippen LogP contribution is -2.54. The van der Waals surface area contributed by atoms with Gasteiger partial charge in [0, 0.05) is 59.7 Å². The van der Waals surface area contributed by atoms with E-state index in [1.807, 2.05) is 42.5 Å². The molecular weight excluding hydrogens is 416 g/mol. The minimum absolute atomic E-state index is 0.227. The number of nitrogens with zero attached hydrogens (tertiary/aromatic N) is 4. The summed E-state index contributed by atoms with van der Waals surface area (Å²) in [6.07, 6.45) is 3.48. The predicted octanol–water partition coefficient (Wildman–Crippen LogP) is 3.63. The van der Waals surface area contributed by atoms with E-state index in [0.717, 1.165) is 35.1 Å². The molecule has 0 spiro atoms. The van der Waals surface area contributed by atoms with Crippen molar-refractivity contribution in [3.8, 4) is 6.01 Å². The minimum atomic E-state index is -0.246. The smallest absolute Gasteiger partial charge is 0.316 e. The third-order valence-corrected chi connectivity index (χ3v) is 5.89. The molecule has 1 aliphatic heterocycles. The van der Waals surface area contributed by atoms with Gasteiger partial charge in [-0.15, -0.1) is 0 Å². The Morgan fingerprint density at radius 1 is 1.12 bits per heavy atom. The summed E-state index contributed by atoms with van der Waals surface area (Å²) in [5.74, 6) is -0.246. The van der Waals surface area contributed by atoms with Crippen LogP contribution in [0, 0.1) is 0 Å². The molecule has 1 amide bonds. The van der Waals surface area contributed by atoms with Gasteiger partial charge in [-0.25, -0.2) is 4.98 Å². The number of fused-ring (bicyclic) bond motifs is 2. The number of pyridine rings is 1. The van der Waals surface area contributed by atoms with E-state index in [4.69, 9.17) is 4.74 Å². The van der Waals surface area contributed by atoms with Gasteiger partial charge in [-0.05, 0) is 44.2 Å². The number of hydrogen-bond acceptors (Lipinski definition) is 7. The Morgan fingerprint density at radius 3 is 2.73 bits per heavy atom. The molecule has 8 heteroatoms. The number of benzene rings is 2. The normalized spacial score (nSPS) is 18.5. The van der Waals surface area contributed by atoms with E-state index in [1.54, 1.807) is 12.4 Å². The number of ether oxygens (including phenoxy) is 1. The molecule has 2 atom stereocenters. The van der Waals surface area contributed by atoms with E-state index in [9.17, 15) is 4.79 Å². The molecule has 0 aliphatic carbocycles.